The third kappa shape index (κ3) is 3.87. The monoisotopic (exact) mass is 402 g/mol. The van der Waals surface area contributed by atoms with Gasteiger partial charge in [-0.05, 0) is 56.3 Å². The second-order valence-corrected chi connectivity index (χ2v) is 7.94. The molecular weight excluding hydrogens is 380 g/mol. The zero-order chi connectivity index (χ0) is 20.4. The number of carbonyl (C=O) groups excluding carboxylic acids is 1. The second-order valence-electron chi connectivity index (χ2n) is 6.91. The van der Waals surface area contributed by atoms with Crippen molar-refractivity contribution < 1.29 is 9.53 Å². The lowest BCUT2D eigenvalue weighted by Gasteiger charge is -2.08. The first-order chi connectivity index (χ1) is 14.1. The summed E-state index contributed by atoms with van der Waals surface area (Å²) < 4.78 is 8.99. The van der Waals surface area contributed by atoms with Crippen LogP contribution in [0, 0.1) is 13.8 Å². The van der Waals surface area contributed by atoms with Gasteiger partial charge in [0, 0.05) is 29.1 Å². The number of carbonyl (C=O) groups is 1. The molecule has 4 aromatic rings. The van der Waals surface area contributed by atoms with E-state index in [1.165, 1.54) is 4.70 Å². The number of hydrogen-bond acceptors (Lipinski definition) is 4. The molecule has 0 aliphatic rings. The normalized spacial score (nSPS) is 11.0. The number of aromatic nitrogens is 2. The molecule has 0 unspecified atom stereocenters. The van der Waals surface area contributed by atoms with Gasteiger partial charge in [-0.3, -0.25) is 4.79 Å². The fraction of sp³-hybridized carbons (Fsp3) is 0.167. The largest absolute Gasteiger partial charge is 0.485 e. The van der Waals surface area contributed by atoms with E-state index in [9.17, 15) is 4.79 Å². The molecule has 0 bridgehead atoms. The molecule has 4 nitrogen and oxygen atoms in total. The molecule has 146 valence electrons. The Hall–Kier alpha value is -3.18. The first-order valence-electron chi connectivity index (χ1n) is 9.46. The molecule has 2 aromatic heterocycles. The first kappa shape index (κ1) is 19.2. The third-order valence-electron chi connectivity index (χ3n) is 4.95. The van der Waals surface area contributed by atoms with Crippen molar-refractivity contribution in [1.82, 2.24) is 9.55 Å². The number of thiazole rings is 1. The Balaban J connectivity index is 1.45. The Bertz CT molecular complexity index is 1150. The fourth-order valence-electron chi connectivity index (χ4n) is 3.41. The minimum Gasteiger partial charge on any atom is -0.485 e. The molecule has 0 aliphatic heterocycles. The Morgan fingerprint density at radius 3 is 2.66 bits per heavy atom. The fourth-order valence-corrected chi connectivity index (χ4v) is 4.38. The molecule has 0 spiro atoms. The molecule has 0 fully saturated rings. The van der Waals surface area contributed by atoms with Crippen molar-refractivity contribution in [1.29, 1.82) is 0 Å². The topological polar surface area (TPSA) is 44.1 Å². The molecule has 0 N–H and O–H groups in total. The van der Waals surface area contributed by atoms with E-state index in [1.54, 1.807) is 11.3 Å². The summed E-state index contributed by atoms with van der Waals surface area (Å²) in [5.41, 5.74) is 4.74. The number of aryl methyl sites for hydroxylation is 1. The SMILES string of the molecule is C=CCn1c(C)cc(C(=O)COc2ccc(-c3nc4ccccc4s3)cc2)c1C. The summed E-state index contributed by atoms with van der Waals surface area (Å²) in [5, 5.41) is 0.975. The smallest absolute Gasteiger partial charge is 0.202 e. The van der Waals surface area contributed by atoms with Crippen LogP contribution in [0.25, 0.3) is 20.8 Å². The quantitative estimate of drug-likeness (QED) is 0.289. The minimum atomic E-state index is -0.0244. The lowest BCUT2D eigenvalue weighted by atomic mass is 10.1. The van der Waals surface area contributed by atoms with Gasteiger partial charge in [0.15, 0.2) is 6.61 Å². The van der Waals surface area contributed by atoms with Crippen molar-refractivity contribution in [2.24, 2.45) is 0 Å². The van der Waals surface area contributed by atoms with Gasteiger partial charge in [0.2, 0.25) is 5.78 Å². The van der Waals surface area contributed by atoms with E-state index in [0.717, 1.165) is 27.5 Å². The van der Waals surface area contributed by atoms with Crippen LogP contribution in [-0.2, 0) is 6.54 Å². The highest BCUT2D eigenvalue weighted by molar-refractivity contribution is 7.21. The van der Waals surface area contributed by atoms with Gasteiger partial charge in [-0.25, -0.2) is 4.98 Å². The number of allylic oxidation sites excluding steroid dienone is 1. The van der Waals surface area contributed by atoms with E-state index >= 15 is 0 Å². The van der Waals surface area contributed by atoms with E-state index in [2.05, 4.69) is 22.2 Å². The molecule has 5 heteroatoms. The highest BCUT2D eigenvalue weighted by Crippen LogP contribution is 2.30. The maximum absolute atomic E-state index is 12.6. The van der Waals surface area contributed by atoms with Crippen LogP contribution in [0.4, 0.5) is 0 Å². The second kappa shape index (κ2) is 8.05. The molecule has 29 heavy (non-hydrogen) atoms. The van der Waals surface area contributed by atoms with Crippen LogP contribution in [0.2, 0.25) is 0 Å². The number of ketones is 1. The maximum atomic E-state index is 12.6. The average Bonchev–Trinajstić information content (AvgIpc) is 3.29. The average molecular weight is 403 g/mol. The molecule has 0 aliphatic carbocycles. The first-order valence-corrected chi connectivity index (χ1v) is 10.3. The Morgan fingerprint density at radius 1 is 1.17 bits per heavy atom. The van der Waals surface area contributed by atoms with E-state index in [0.29, 0.717) is 17.9 Å². The van der Waals surface area contributed by atoms with Gasteiger partial charge in [-0.1, -0.05) is 18.2 Å². The van der Waals surface area contributed by atoms with Crippen LogP contribution in [0.15, 0.2) is 67.3 Å². The highest BCUT2D eigenvalue weighted by atomic mass is 32.1. The van der Waals surface area contributed by atoms with Gasteiger partial charge in [-0.2, -0.15) is 0 Å². The number of rotatable bonds is 7. The van der Waals surface area contributed by atoms with Crippen molar-refractivity contribution in [3.8, 4) is 16.3 Å². The third-order valence-corrected chi connectivity index (χ3v) is 6.04. The summed E-state index contributed by atoms with van der Waals surface area (Å²) >= 11 is 1.67. The number of benzene rings is 2. The van der Waals surface area contributed by atoms with Crippen LogP contribution in [0.3, 0.4) is 0 Å². The number of para-hydroxylation sites is 1. The van der Waals surface area contributed by atoms with Gasteiger partial charge >= 0.3 is 0 Å². The van der Waals surface area contributed by atoms with Gasteiger partial charge in [0.05, 0.1) is 10.2 Å². The van der Waals surface area contributed by atoms with Crippen molar-refractivity contribution in [2.45, 2.75) is 20.4 Å². The van der Waals surface area contributed by atoms with Crippen LogP contribution < -0.4 is 4.74 Å². The number of ether oxygens (including phenoxy) is 1. The summed E-state index contributed by atoms with van der Waals surface area (Å²) in [6.45, 7) is 8.43. The van der Waals surface area contributed by atoms with Crippen LogP contribution in [0.1, 0.15) is 21.7 Å². The molecular formula is C24H22N2O2S. The van der Waals surface area contributed by atoms with Gasteiger partial charge < -0.3 is 9.30 Å². The summed E-state index contributed by atoms with van der Waals surface area (Å²) in [7, 11) is 0. The van der Waals surface area contributed by atoms with Gasteiger partial charge in [0.25, 0.3) is 0 Å². The van der Waals surface area contributed by atoms with Crippen LogP contribution in [-0.4, -0.2) is 21.9 Å². The van der Waals surface area contributed by atoms with E-state index in [1.807, 2.05) is 68.5 Å². The number of nitrogens with zero attached hydrogens (tertiary/aromatic N) is 2. The molecule has 0 radical (unpaired) electrons. The molecule has 4 rings (SSSR count). The Labute approximate surface area is 174 Å². The van der Waals surface area contributed by atoms with Gasteiger partial charge in [0.1, 0.15) is 10.8 Å². The van der Waals surface area contributed by atoms with Crippen molar-refractivity contribution in [3.63, 3.8) is 0 Å². The number of Topliss-reactive ketones (excluding diaryl/α,β-unsaturated/α-hetero) is 1. The van der Waals surface area contributed by atoms with Gasteiger partial charge in [-0.15, -0.1) is 17.9 Å². The standard InChI is InChI=1S/C24H22N2O2S/c1-4-13-26-16(2)14-20(17(26)3)22(27)15-28-19-11-9-18(10-12-19)24-25-21-7-5-6-8-23(21)29-24/h4-12,14H,1,13,15H2,2-3H3. The predicted molar refractivity (Wildman–Crippen MR) is 119 cm³/mol. The zero-order valence-electron chi connectivity index (χ0n) is 16.5. The Morgan fingerprint density at radius 2 is 1.93 bits per heavy atom. The lowest BCUT2D eigenvalue weighted by Crippen LogP contribution is -2.12. The molecule has 2 heterocycles. The molecule has 0 saturated carbocycles. The maximum Gasteiger partial charge on any atom is 0.202 e. The zero-order valence-corrected chi connectivity index (χ0v) is 17.3. The predicted octanol–water partition coefficient (Wildman–Crippen LogP) is 5.83. The lowest BCUT2D eigenvalue weighted by molar-refractivity contribution is 0.0921. The number of hydrogen-bond donors (Lipinski definition) is 0. The molecule has 0 amide bonds. The highest BCUT2D eigenvalue weighted by Gasteiger charge is 2.16. The van der Waals surface area contributed by atoms with Crippen molar-refractivity contribution in [3.05, 3.63) is 84.2 Å². The summed E-state index contributed by atoms with van der Waals surface area (Å²) in [6, 6.07) is 17.8. The summed E-state index contributed by atoms with van der Waals surface area (Å²) in [4.78, 5) is 17.3. The van der Waals surface area contributed by atoms with Crippen LogP contribution in [0.5, 0.6) is 5.75 Å². The molecule has 0 saturated heterocycles. The molecule has 0 atom stereocenters. The Kier molecular flexibility index (Phi) is 5.32. The van der Waals surface area contributed by atoms with Crippen molar-refractivity contribution in [2.75, 3.05) is 6.61 Å². The number of fused-ring (bicyclic) bond motifs is 1. The van der Waals surface area contributed by atoms with Crippen molar-refractivity contribution >= 4 is 27.3 Å². The minimum absolute atomic E-state index is 0.0128. The van der Waals surface area contributed by atoms with E-state index in [4.69, 9.17) is 4.74 Å². The van der Waals surface area contributed by atoms with Crippen LogP contribution >= 0.6 is 11.3 Å². The summed E-state index contributed by atoms with van der Waals surface area (Å²) in [5.74, 6) is 0.645. The van der Waals surface area contributed by atoms with E-state index in [-0.39, 0.29) is 12.4 Å². The molecule has 2 aromatic carbocycles. The van der Waals surface area contributed by atoms with E-state index < -0.39 is 0 Å². The summed E-state index contributed by atoms with van der Waals surface area (Å²) in [6.07, 6.45) is 1.83.